The lowest BCUT2D eigenvalue weighted by molar-refractivity contribution is 0.0941. The molecule has 0 aliphatic heterocycles. The maximum atomic E-state index is 12.9. The van der Waals surface area contributed by atoms with Crippen molar-refractivity contribution >= 4 is 17.5 Å². The molecule has 1 atom stereocenters. The van der Waals surface area contributed by atoms with Crippen LogP contribution in [0.15, 0.2) is 65.7 Å². The first-order valence-electron chi connectivity index (χ1n) is 8.96. The Morgan fingerprint density at radius 1 is 1.07 bits per heavy atom. The van der Waals surface area contributed by atoms with Crippen molar-refractivity contribution in [1.82, 2.24) is 15.3 Å². The molecule has 0 unspecified atom stereocenters. The smallest absolute Gasteiger partial charge is 0.261 e. The van der Waals surface area contributed by atoms with Gasteiger partial charge in [-0.3, -0.25) is 14.6 Å². The normalized spacial score (nSPS) is 12.4. The van der Waals surface area contributed by atoms with Gasteiger partial charge in [-0.05, 0) is 41.5 Å². The van der Waals surface area contributed by atoms with E-state index >= 15 is 0 Å². The number of rotatable bonds is 4. The summed E-state index contributed by atoms with van der Waals surface area (Å²) >= 11 is 5.99. The number of carbonyl (C=O) groups is 1. The summed E-state index contributed by atoms with van der Waals surface area (Å²) < 4.78 is 0. The average Bonchev–Trinajstić information content (AvgIpc) is 2.66. The number of aromatic nitrogens is 2. The van der Waals surface area contributed by atoms with Crippen LogP contribution in [0.4, 0.5) is 0 Å². The summed E-state index contributed by atoms with van der Waals surface area (Å²) in [6.07, 6.45) is 3.35. The van der Waals surface area contributed by atoms with E-state index < -0.39 is 17.5 Å². The molecule has 6 heteroatoms. The second-order valence-corrected chi connectivity index (χ2v) is 8.05. The average molecular weight is 396 g/mol. The Bertz CT molecular complexity index is 1020. The van der Waals surface area contributed by atoms with E-state index in [0.29, 0.717) is 5.02 Å². The Morgan fingerprint density at radius 2 is 1.79 bits per heavy atom. The van der Waals surface area contributed by atoms with Crippen molar-refractivity contribution in [2.45, 2.75) is 32.2 Å². The number of hydrogen-bond acceptors (Lipinski definition) is 3. The van der Waals surface area contributed by atoms with Crippen LogP contribution in [0.2, 0.25) is 5.02 Å². The number of aromatic amines is 1. The topological polar surface area (TPSA) is 74.8 Å². The standard InChI is InChI=1S/C22H22ClN3O2/c1-22(2,3)18-11-10-17(20(27)25-18)21(28)26-19(15-5-4-12-24-13-15)14-6-8-16(23)9-7-14/h4-13,19H,1-3H3,(H,25,27)(H,26,28)/t19-/m0/s1. The number of carbonyl (C=O) groups excluding carboxylic acids is 1. The molecule has 0 saturated carbocycles. The van der Waals surface area contributed by atoms with E-state index in [2.05, 4.69) is 15.3 Å². The molecule has 2 N–H and O–H groups in total. The van der Waals surface area contributed by atoms with Gasteiger partial charge in [0.05, 0.1) is 6.04 Å². The highest BCUT2D eigenvalue weighted by Crippen LogP contribution is 2.24. The Kier molecular flexibility index (Phi) is 5.66. The second kappa shape index (κ2) is 7.98. The molecule has 2 heterocycles. The third kappa shape index (κ3) is 4.49. The van der Waals surface area contributed by atoms with Crippen LogP contribution in [-0.4, -0.2) is 15.9 Å². The number of halogens is 1. The quantitative estimate of drug-likeness (QED) is 0.693. The van der Waals surface area contributed by atoms with Gasteiger partial charge < -0.3 is 10.3 Å². The number of amides is 1. The van der Waals surface area contributed by atoms with Crippen LogP contribution in [0.25, 0.3) is 0 Å². The molecular formula is C22H22ClN3O2. The lowest BCUT2D eigenvalue weighted by Gasteiger charge is -2.21. The van der Waals surface area contributed by atoms with E-state index in [4.69, 9.17) is 11.6 Å². The number of pyridine rings is 2. The van der Waals surface area contributed by atoms with Crippen molar-refractivity contribution < 1.29 is 4.79 Å². The molecule has 0 aliphatic carbocycles. The molecule has 0 saturated heterocycles. The summed E-state index contributed by atoms with van der Waals surface area (Å²) in [5, 5.41) is 3.55. The lowest BCUT2D eigenvalue weighted by Crippen LogP contribution is -2.34. The molecule has 1 aromatic carbocycles. The Hall–Kier alpha value is -2.92. The van der Waals surface area contributed by atoms with Gasteiger partial charge in [0.25, 0.3) is 11.5 Å². The maximum absolute atomic E-state index is 12.9. The molecule has 0 aliphatic rings. The van der Waals surface area contributed by atoms with Crippen molar-refractivity contribution in [3.8, 4) is 0 Å². The van der Waals surface area contributed by atoms with Crippen molar-refractivity contribution in [1.29, 1.82) is 0 Å². The molecule has 1 amide bonds. The Labute approximate surface area is 168 Å². The summed E-state index contributed by atoms with van der Waals surface area (Å²) in [6.45, 7) is 5.99. The van der Waals surface area contributed by atoms with Gasteiger partial charge in [0.2, 0.25) is 0 Å². The monoisotopic (exact) mass is 395 g/mol. The SMILES string of the molecule is CC(C)(C)c1ccc(C(=O)N[C@@H](c2ccc(Cl)cc2)c2cccnc2)c(=O)[nH]1. The molecule has 3 rings (SSSR count). The number of nitrogens with zero attached hydrogens (tertiary/aromatic N) is 1. The fourth-order valence-electron chi connectivity index (χ4n) is 2.86. The highest BCUT2D eigenvalue weighted by atomic mass is 35.5. The minimum atomic E-state index is -0.458. The summed E-state index contributed by atoms with van der Waals surface area (Å²) in [5.41, 5.74) is 1.86. The second-order valence-electron chi connectivity index (χ2n) is 7.61. The number of nitrogens with one attached hydrogen (secondary N) is 2. The van der Waals surface area contributed by atoms with E-state index in [1.165, 1.54) is 0 Å². The first-order chi connectivity index (χ1) is 13.3. The molecular weight excluding hydrogens is 374 g/mol. The zero-order valence-electron chi connectivity index (χ0n) is 16.0. The van der Waals surface area contributed by atoms with Gasteiger partial charge in [-0.25, -0.2) is 0 Å². The van der Waals surface area contributed by atoms with E-state index in [1.807, 2.05) is 39.0 Å². The number of hydrogen-bond donors (Lipinski definition) is 2. The van der Waals surface area contributed by atoms with E-state index in [0.717, 1.165) is 16.8 Å². The first kappa shape index (κ1) is 19.8. The summed E-state index contributed by atoms with van der Waals surface area (Å²) in [5.74, 6) is -0.453. The lowest BCUT2D eigenvalue weighted by atomic mass is 9.91. The fourth-order valence-corrected chi connectivity index (χ4v) is 2.99. The largest absolute Gasteiger partial charge is 0.341 e. The van der Waals surface area contributed by atoms with Gasteiger partial charge in [0.1, 0.15) is 5.56 Å². The van der Waals surface area contributed by atoms with Gasteiger partial charge >= 0.3 is 0 Å². The van der Waals surface area contributed by atoms with E-state index in [1.54, 1.807) is 42.7 Å². The molecule has 3 aromatic rings. The fraction of sp³-hybridized carbons (Fsp3) is 0.227. The zero-order chi connectivity index (χ0) is 20.3. The maximum Gasteiger partial charge on any atom is 0.261 e. The molecule has 144 valence electrons. The van der Waals surface area contributed by atoms with Crippen LogP contribution < -0.4 is 10.9 Å². The van der Waals surface area contributed by atoms with E-state index in [9.17, 15) is 9.59 Å². The van der Waals surface area contributed by atoms with Crippen LogP contribution in [0.1, 0.15) is 54.0 Å². The molecule has 0 fully saturated rings. The summed E-state index contributed by atoms with van der Waals surface area (Å²) in [7, 11) is 0. The van der Waals surface area contributed by atoms with Gasteiger partial charge in [-0.15, -0.1) is 0 Å². The van der Waals surface area contributed by atoms with Crippen molar-refractivity contribution in [2.75, 3.05) is 0 Å². The third-order valence-corrected chi connectivity index (χ3v) is 4.71. The molecule has 2 aromatic heterocycles. The van der Waals surface area contributed by atoms with Crippen LogP contribution in [0, 0.1) is 0 Å². The summed E-state index contributed by atoms with van der Waals surface area (Å²) in [6, 6.07) is 13.8. The highest BCUT2D eigenvalue weighted by Gasteiger charge is 2.21. The predicted molar refractivity (Wildman–Crippen MR) is 111 cm³/mol. The minimum absolute atomic E-state index is 0.0656. The van der Waals surface area contributed by atoms with Crippen LogP contribution in [0.5, 0.6) is 0 Å². The number of benzene rings is 1. The third-order valence-electron chi connectivity index (χ3n) is 4.46. The summed E-state index contributed by atoms with van der Waals surface area (Å²) in [4.78, 5) is 32.3. The van der Waals surface area contributed by atoms with Gasteiger partial charge in [-0.2, -0.15) is 0 Å². The molecule has 0 bridgehead atoms. The molecule has 0 spiro atoms. The van der Waals surface area contributed by atoms with Crippen LogP contribution in [0.3, 0.4) is 0 Å². The van der Waals surface area contributed by atoms with E-state index in [-0.39, 0.29) is 11.0 Å². The Morgan fingerprint density at radius 3 is 2.36 bits per heavy atom. The number of H-pyrrole nitrogens is 1. The van der Waals surface area contributed by atoms with Gasteiger partial charge in [0, 0.05) is 28.5 Å². The van der Waals surface area contributed by atoms with Crippen molar-refractivity contribution in [3.05, 3.63) is 98.7 Å². The molecule has 0 radical (unpaired) electrons. The predicted octanol–water partition coefficient (Wildman–Crippen LogP) is 4.24. The van der Waals surface area contributed by atoms with Crippen LogP contribution >= 0.6 is 11.6 Å². The van der Waals surface area contributed by atoms with Crippen LogP contribution in [-0.2, 0) is 5.41 Å². The highest BCUT2D eigenvalue weighted by molar-refractivity contribution is 6.30. The van der Waals surface area contributed by atoms with Gasteiger partial charge in [0.15, 0.2) is 0 Å². The van der Waals surface area contributed by atoms with Crippen molar-refractivity contribution in [3.63, 3.8) is 0 Å². The molecule has 28 heavy (non-hydrogen) atoms. The Balaban J connectivity index is 1.94. The van der Waals surface area contributed by atoms with Crippen molar-refractivity contribution in [2.24, 2.45) is 0 Å². The first-order valence-corrected chi connectivity index (χ1v) is 9.33. The zero-order valence-corrected chi connectivity index (χ0v) is 16.7. The molecule has 5 nitrogen and oxygen atoms in total. The minimum Gasteiger partial charge on any atom is -0.341 e. The van der Waals surface area contributed by atoms with Gasteiger partial charge in [-0.1, -0.05) is 50.6 Å².